The summed E-state index contributed by atoms with van der Waals surface area (Å²) in [6.45, 7) is 6.79. The molecule has 0 aliphatic carbocycles. The van der Waals surface area contributed by atoms with Crippen LogP contribution in [0.4, 0.5) is 0 Å². The third-order valence-corrected chi connectivity index (χ3v) is 6.52. The molecule has 0 atom stereocenters. The maximum atomic E-state index is 13.0. The Morgan fingerprint density at radius 1 is 1.19 bits per heavy atom. The Morgan fingerprint density at radius 2 is 1.94 bits per heavy atom. The minimum Gasteiger partial charge on any atom is -0.496 e. The third-order valence-electron chi connectivity index (χ3n) is 5.14. The summed E-state index contributed by atoms with van der Waals surface area (Å²) in [4.78, 5) is 15.3. The lowest BCUT2D eigenvalue weighted by Gasteiger charge is -2.16. The number of aromatic nitrogens is 2. The van der Waals surface area contributed by atoms with Gasteiger partial charge in [-0.1, -0.05) is 56.0 Å². The van der Waals surface area contributed by atoms with Crippen molar-refractivity contribution in [3.8, 4) is 22.7 Å². The summed E-state index contributed by atoms with van der Waals surface area (Å²) >= 11 is 6.82. The number of carbonyl (C=O) groups excluding carboxylic acids is 1. The molecular weight excluding hydrogens is 438 g/mol. The van der Waals surface area contributed by atoms with Crippen molar-refractivity contribution < 1.29 is 9.53 Å². The molecule has 0 unspecified atom stereocenters. The van der Waals surface area contributed by atoms with Gasteiger partial charge in [0.05, 0.1) is 17.7 Å². The summed E-state index contributed by atoms with van der Waals surface area (Å²) in [5, 5.41) is 4.87. The van der Waals surface area contributed by atoms with Gasteiger partial charge in [-0.2, -0.15) is 5.10 Å². The van der Waals surface area contributed by atoms with E-state index in [1.54, 1.807) is 12.0 Å². The van der Waals surface area contributed by atoms with Gasteiger partial charge in [0.2, 0.25) is 0 Å². The second-order valence-corrected chi connectivity index (χ2v) is 9.76. The van der Waals surface area contributed by atoms with Crippen LogP contribution in [0.25, 0.3) is 23.0 Å². The van der Waals surface area contributed by atoms with Gasteiger partial charge in [-0.05, 0) is 54.8 Å². The van der Waals surface area contributed by atoms with Crippen molar-refractivity contribution in [3.05, 3.63) is 70.8 Å². The number of ether oxygens (including phenoxy) is 1. The highest BCUT2D eigenvalue weighted by Crippen LogP contribution is 2.36. The normalized spacial score (nSPS) is 15.3. The van der Waals surface area contributed by atoms with Crippen LogP contribution in [0, 0.1) is 12.8 Å². The number of hydrogen-bond acceptors (Lipinski definition) is 5. The Balaban J connectivity index is 1.80. The number of carbonyl (C=O) groups is 1. The van der Waals surface area contributed by atoms with Crippen LogP contribution in [-0.2, 0) is 4.79 Å². The number of amides is 1. The first-order valence-electron chi connectivity index (χ1n) is 10.4. The van der Waals surface area contributed by atoms with Gasteiger partial charge in [-0.15, -0.1) is 0 Å². The largest absolute Gasteiger partial charge is 0.496 e. The molecule has 1 amide bonds. The molecule has 3 aromatic rings. The van der Waals surface area contributed by atoms with Crippen LogP contribution in [0.5, 0.6) is 5.75 Å². The van der Waals surface area contributed by atoms with E-state index in [9.17, 15) is 4.79 Å². The van der Waals surface area contributed by atoms with Crippen molar-refractivity contribution in [1.82, 2.24) is 14.7 Å². The molecule has 1 aromatic heterocycles. The van der Waals surface area contributed by atoms with Crippen LogP contribution in [0.15, 0.2) is 59.6 Å². The molecular formula is C25H25N3O2S2. The standard InChI is InChI=1S/C25H25N3O2S2/c1-16(2)14-27-24(29)22(32-25(27)31)13-19-15-28(20-8-6-5-7-9-20)26-23(19)18-10-11-21(30-4)17(3)12-18/h5-13,15-16H,14H2,1-4H3. The van der Waals surface area contributed by atoms with Gasteiger partial charge in [-0.3, -0.25) is 9.69 Å². The molecule has 0 spiro atoms. The van der Waals surface area contributed by atoms with Gasteiger partial charge < -0.3 is 4.74 Å². The third kappa shape index (κ3) is 4.49. The van der Waals surface area contributed by atoms with E-state index in [1.807, 2.05) is 66.3 Å². The molecule has 0 N–H and O–H groups in total. The highest BCUT2D eigenvalue weighted by atomic mass is 32.2. The van der Waals surface area contributed by atoms with Gasteiger partial charge in [0, 0.05) is 23.9 Å². The molecule has 5 nitrogen and oxygen atoms in total. The number of nitrogens with zero attached hydrogens (tertiary/aromatic N) is 3. The van der Waals surface area contributed by atoms with Crippen LogP contribution in [-0.4, -0.2) is 38.6 Å². The lowest BCUT2D eigenvalue weighted by Crippen LogP contribution is -2.31. The van der Waals surface area contributed by atoms with Crippen LogP contribution in [0.3, 0.4) is 0 Å². The second kappa shape index (κ2) is 9.30. The van der Waals surface area contributed by atoms with E-state index in [0.717, 1.165) is 33.8 Å². The first kappa shape index (κ1) is 22.3. The Morgan fingerprint density at radius 3 is 2.59 bits per heavy atom. The summed E-state index contributed by atoms with van der Waals surface area (Å²) in [6, 6.07) is 15.9. The van der Waals surface area contributed by atoms with Crippen molar-refractivity contribution in [2.24, 2.45) is 5.92 Å². The number of thioether (sulfide) groups is 1. The highest BCUT2D eigenvalue weighted by molar-refractivity contribution is 8.26. The SMILES string of the molecule is COc1ccc(-c2nn(-c3ccccc3)cc2C=C2SC(=S)N(CC(C)C)C2=O)cc1C. The topological polar surface area (TPSA) is 47.4 Å². The van der Waals surface area contributed by atoms with Crippen LogP contribution in [0.2, 0.25) is 0 Å². The maximum absolute atomic E-state index is 13.0. The van der Waals surface area contributed by atoms with Crippen LogP contribution < -0.4 is 4.74 Å². The molecule has 1 aliphatic heterocycles. The predicted molar refractivity (Wildman–Crippen MR) is 135 cm³/mol. The number of rotatable bonds is 6. The first-order chi connectivity index (χ1) is 15.4. The maximum Gasteiger partial charge on any atom is 0.266 e. The van der Waals surface area contributed by atoms with Gasteiger partial charge in [0.25, 0.3) is 5.91 Å². The summed E-state index contributed by atoms with van der Waals surface area (Å²) in [7, 11) is 1.66. The Labute approximate surface area is 198 Å². The number of para-hydroxylation sites is 1. The van der Waals surface area contributed by atoms with E-state index in [0.29, 0.717) is 21.7 Å². The molecule has 32 heavy (non-hydrogen) atoms. The Bertz CT molecular complexity index is 1200. The monoisotopic (exact) mass is 463 g/mol. The zero-order valence-electron chi connectivity index (χ0n) is 18.5. The van der Waals surface area contributed by atoms with Crippen molar-refractivity contribution in [2.45, 2.75) is 20.8 Å². The fourth-order valence-corrected chi connectivity index (χ4v) is 4.89. The lowest BCUT2D eigenvalue weighted by molar-refractivity contribution is -0.122. The fourth-order valence-electron chi connectivity index (χ4n) is 3.62. The van der Waals surface area contributed by atoms with E-state index in [-0.39, 0.29) is 5.91 Å². The van der Waals surface area contributed by atoms with Gasteiger partial charge in [0.15, 0.2) is 0 Å². The number of thiocarbonyl (C=S) groups is 1. The average molecular weight is 464 g/mol. The number of aryl methyl sites for hydroxylation is 1. The van der Waals surface area contributed by atoms with E-state index < -0.39 is 0 Å². The van der Waals surface area contributed by atoms with E-state index in [4.69, 9.17) is 22.1 Å². The number of benzene rings is 2. The van der Waals surface area contributed by atoms with Gasteiger partial charge in [0.1, 0.15) is 15.8 Å². The van der Waals surface area contributed by atoms with E-state index in [2.05, 4.69) is 19.9 Å². The second-order valence-electron chi connectivity index (χ2n) is 8.08. The molecule has 0 saturated carbocycles. The molecule has 1 aliphatic rings. The smallest absolute Gasteiger partial charge is 0.266 e. The molecule has 0 radical (unpaired) electrons. The molecule has 2 heterocycles. The molecule has 1 saturated heterocycles. The molecule has 0 bridgehead atoms. The van der Waals surface area contributed by atoms with Crippen molar-refractivity contribution in [3.63, 3.8) is 0 Å². The number of hydrogen-bond donors (Lipinski definition) is 0. The first-order valence-corrected chi connectivity index (χ1v) is 11.7. The zero-order valence-corrected chi connectivity index (χ0v) is 20.2. The van der Waals surface area contributed by atoms with Crippen LogP contribution >= 0.6 is 24.0 Å². The molecule has 1 fully saturated rings. The molecule has 2 aromatic carbocycles. The van der Waals surface area contributed by atoms with Gasteiger partial charge >= 0.3 is 0 Å². The van der Waals surface area contributed by atoms with Gasteiger partial charge in [-0.25, -0.2) is 4.68 Å². The fraction of sp³-hybridized carbons (Fsp3) is 0.240. The minimum absolute atomic E-state index is 0.0435. The summed E-state index contributed by atoms with van der Waals surface area (Å²) < 4.78 is 7.86. The molecule has 7 heteroatoms. The molecule has 164 valence electrons. The minimum atomic E-state index is -0.0435. The van der Waals surface area contributed by atoms with Crippen LogP contribution in [0.1, 0.15) is 25.0 Å². The van der Waals surface area contributed by atoms with Crippen molar-refractivity contribution in [1.29, 1.82) is 0 Å². The summed E-state index contributed by atoms with van der Waals surface area (Å²) in [5.41, 5.74) is 4.60. The van der Waals surface area contributed by atoms with Crippen molar-refractivity contribution >= 4 is 40.3 Å². The number of methoxy groups -OCH3 is 1. The highest BCUT2D eigenvalue weighted by Gasteiger charge is 2.32. The summed E-state index contributed by atoms with van der Waals surface area (Å²) in [5.74, 6) is 1.13. The Kier molecular flexibility index (Phi) is 6.48. The zero-order chi connectivity index (χ0) is 22.8. The predicted octanol–water partition coefficient (Wildman–Crippen LogP) is 5.71. The lowest BCUT2D eigenvalue weighted by atomic mass is 10.0. The summed E-state index contributed by atoms with van der Waals surface area (Å²) in [6.07, 6.45) is 3.86. The Hall–Kier alpha value is -2.90. The quantitative estimate of drug-likeness (QED) is 0.346. The van der Waals surface area contributed by atoms with E-state index in [1.165, 1.54) is 11.8 Å². The molecule has 4 rings (SSSR count). The average Bonchev–Trinajstić information content (AvgIpc) is 3.31. The van der Waals surface area contributed by atoms with Crippen molar-refractivity contribution in [2.75, 3.05) is 13.7 Å². The van der Waals surface area contributed by atoms with E-state index >= 15 is 0 Å².